The molecule has 2 heterocycles. The molecule has 11 heteroatoms. The van der Waals surface area contributed by atoms with Crippen LogP contribution in [0.15, 0.2) is 37.3 Å². The van der Waals surface area contributed by atoms with Gasteiger partial charge in [0.25, 0.3) is 5.91 Å². The molecule has 1 atom stereocenters. The quantitative estimate of drug-likeness (QED) is 0.638. The van der Waals surface area contributed by atoms with E-state index >= 15 is 0 Å². The summed E-state index contributed by atoms with van der Waals surface area (Å²) in [6.45, 7) is 4.29. The van der Waals surface area contributed by atoms with Gasteiger partial charge in [-0.15, -0.1) is 5.10 Å². The number of carbonyl (C=O) groups is 3. The van der Waals surface area contributed by atoms with E-state index < -0.39 is 16.7 Å². The molecule has 0 fully saturated rings. The summed E-state index contributed by atoms with van der Waals surface area (Å²) in [6.07, 6.45) is 0. The van der Waals surface area contributed by atoms with Gasteiger partial charge in [-0.05, 0) is 52.8 Å². The Morgan fingerprint density at radius 3 is 2.50 bits per heavy atom. The van der Waals surface area contributed by atoms with Gasteiger partial charge in [-0.1, -0.05) is 15.9 Å². The molecule has 8 nitrogen and oxygen atoms in total. The molecule has 3 rings (SSSR count). The fourth-order valence-electron chi connectivity index (χ4n) is 2.60. The third-order valence-electron chi connectivity index (χ3n) is 3.68. The third-order valence-corrected chi connectivity index (χ3v) is 6.12. The highest BCUT2D eigenvalue weighted by molar-refractivity contribution is 9.11. The van der Waals surface area contributed by atoms with Crippen LogP contribution in [0.2, 0.25) is 0 Å². The molecule has 2 aliphatic rings. The Kier molecular flexibility index (Phi) is 4.97. The predicted molar refractivity (Wildman–Crippen MR) is 107 cm³/mol. The summed E-state index contributed by atoms with van der Waals surface area (Å²) in [7, 11) is 0. The number of halogens is 2. The molecule has 0 saturated heterocycles. The Morgan fingerprint density at radius 1 is 1.23 bits per heavy atom. The smallest absolute Gasteiger partial charge is 0.292 e. The van der Waals surface area contributed by atoms with Crippen LogP contribution in [0, 0.1) is 0 Å². The van der Waals surface area contributed by atoms with E-state index in [0.717, 1.165) is 21.2 Å². The molecule has 0 aromatic heterocycles. The number of amidine groups is 1. The van der Waals surface area contributed by atoms with Gasteiger partial charge < -0.3 is 5.32 Å². The average Bonchev–Trinajstić information content (AvgIpc) is 3.02. The molecule has 3 amide bonds. The number of nitrogens with one attached hydrogen (secondary N) is 1. The molecule has 1 aromatic carbocycles. The normalized spacial score (nSPS) is 22.0. The number of hydrazone groups is 2. The van der Waals surface area contributed by atoms with Crippen LogP contribution in [0.1, 0.15) is 20.8 Å². The van der Waals surface area contributed by atoms with E-state index in [0.29, 0.717) is 15.9 Å². The summed E-state index contributed by atoms with van der Waals surface area (Å²) in [5, 5.41) is 13.5. The van der Waals surface area contributed by atoms with Gasteiger partial charge in [-0.3, -0.25) is 14.4 Å². The Balaban J connectivity index is 2.03. The number of carbonyl (C=O) groups excluding carboxylic acids is 3. The van der Waals surface area contributed by atoms with Gasteiger partial charge in [0.2, 0.25) is 16.7 Å². The van der Waals surface area contributed by atoms with Crippen molar-refractivity contribution in [2.24, 2.45) is 10.2 Å². The van der Waals surface area contributed by atoms with Gasteiger partial charge in [-0.2, -0.15) is 15.1 Å². The second-order valence-electron chi connectivity index (χ2n) is 5.56. The second-order valence-corrected chi connectivity index (χ2v) is 8.51. The molecule has 1 N–H and O–H groups in total. The monoisotopic (exact) mass is 501 g/mol. The van der Waals surface area contributed by atoms with Gasteiger partial charge >= 0.3 is 0 Å². The lowest BCUT2D eigenvalue weighted by Gasteiger charge is -2.28. The molecule has 1 unspecified atom stereocenters. The average molecular weight is 503 g/mol. The second kappa shape index (κ2) is 6.78. The van der Waals surface area contributed by atoms with Gasteiger partial charge in [0.05, 0.1) is 11.4 Å². The van der Waals surface area contributed by atoms with E-state index in [9.17, 15) is 14.4 Å². The number of rotatable bonds is 1. The number of hydrogen-bond acceptors (Lipinski definition) is 6. The van der Waals surface area contributed by atoms with E-state index in [1.807, 2.05) is 0 Å². The highest BCUT2D eigenvalue weighted by Gasteiger charge is 2.60. The number of thioether (sulfide) groups is 1. The zero-order valence-corrected chi connectivity index (χ0v) is 17.9. The fourth-order valence-corrected chi connectivity index (χ4v) is 5.03. The van der Waals surface area contributed by atoms with E-state index in [-0.39, 0.29) is 11.1 Å². The summed E-state index contributed by atoms with van der Waals surface area (Å²) in [4.78, 5) is 35.3. The summed E-state index contributed by atoms with van der Waals surface area (Å²) >= 11 is 7.78. The first-order valence-corrected chi connectivity index (χ1v) is 9.78. The van der Waals surface area contributed by atoms with Crippen molar-refractivity contribution in [3.8, 4) is 0 Å². The lowest BCUT2D eigenvalue weighted by Crippen LogP contribution is -2.54. The number of benzene rings is 1. The molecule has 136 valence electrons. The number of hydrogen-bond donors (Lipinski definition) is 1. The summed E-state index contributed by atoms with van der Waals surface area (Å²) in [5.41, 5.74) is 0.924. The minimum atomic E-state index is -1.45. The highest BCUT2D eigenvalue weighted by Crippen LogP contribution is 2.45. The van der Waals surface area contributed by atoms with Crippen molar-refractivity contribution >= 4 is 77.9 Å². The Morgan fingerprint density at radius 2 is 1.92 bits per heavy atom. The molecule has 1 aromatic rings. The maximum Gasteiger partial charge on any atom is 0.292 e. The Labute approximate surface area is 170 Å². The van der Waals surface area contributed by atoms with Crippen molar-refractivity contribution in [3.63, 3.8) is 0 Å². The molecular formula is C15H13Br2N5O3S. The van der Waals surface area contributed by atoms with Gasteiger partial charge in [0.15, 0.2) is 5.17 Å². The highest BCUT2D eigenvalue weighted by atomic mass is 79.9. The molecule has 26 heavy (non-hydrogen) atoms. The standard InChI is InChI=1S/C15H13Br2N5O3S/c1-7-15(22(9(3)24)20-14(26-15)18-8(2)23)13(25)21(19-7)12-5-4-10(16)6-11(12)17/h4-6H,1-3H3,(H,18,20,23). The third kappa shape index (κ3) is 2.97. The molecule has 2 aliphatic heterocycles. The first-order valence-electron chi connectivity index (χ1n) is 7.38. The van der Waals surface area contributed by atoms with Crippen LogP contribution in [0.3, 0.4) is 0 Å². The molecule has 0 aliphatic carbocycles. The van der Waals surface area contributed by atoms with Crippen LogP contribution in [-0.2, 0) is 14.4 Å². The van der Waals surface area contributed by atoms with Crippen LogP contribution in [0.4, 0.5) is 5.69 Å². The van der Waals surface area contributed by atoms with Gasteiger partial charge in [-0.25, -0.2) is 0 Å². The maximum atomic E-state index is 13.3. The van der Waals surface area contributed by atoms with Crippen LogP contribution in [-0.4, -0.2) is 38.5 Å². The summed E-state index contributed by atoms with van der Waals surface area (Å²) in [5.74, 6) is -1.22. The van der Waals surface area contributed by atoms with Crippen molar-refractivity contribution in [2.75, 3.05) is 5.01 Å². The zero-order valence-electron chi connectivity index (χ0n) is 13.9. The predicted octanol–water partition coefficient (Wildman–Crippen LogP) is 2.63. The van der Waals surface area contributed by atoms with Crippen molar-refractivity contribution < 1.29 is 14.4 Å². The molecule has 0 radical (unpaired) electrons. The summed E-state index contributed by atoms with van der Waals surface area (Å²) in [6, 6.07) is 5.31. The van der Waals surface area contributed by atoms with Gasteiger partial charge in [0, 0.05) is 22.8 Å². The first kappa shape index (κ1) is 19.1. The SMILES string of the molecule is CC(=O)NC1=NN(C(C)=O)C2(S1)C(=O)N(c1ccc(Br)cc1Br)N=C2C. The van der Waals surface area contributed by atoms with Crippen molar-refractivity contribution in [3.05, 3.63) is 27.1 Å². The lowest BCUT2D eigenvalue weighted by molar-refractivity contribution is -0.136. The molecule has 0 bridgehead atoms. The van der Waals surface area contributed by atoms with Crippen LogP contribution < -0.4 is 10.3 Å². The minimum absolute atomic E-state index is 0.173. The fraction of sp³-hybridized carbons (Fsp3) is 0.267. The van der Waals surface area contributed by atoms with Gasteiger partial charge in [0.1, 0.15) is 0 Å². The Bertz CT molecular complexity index is 903. The first-order chi connectivity index (χ1) is 12.2. The topological polar surface area (TPSA) is 94.4 Å². The van der Waals surface area contributed by atoms with E-state index in [2.05, 4.69) is 47.4 Å². The molecule has 1 spiro atoms. The number of nitrogens with zero attached hydrogens (tertiary/aromatic N) is 4. The van der Waals surface area contributed by atoms with E-state index in [4.69, 9.17) is 0 Å². The van der Waals surface area contributed by atoms with E-state index in [1.54, 1.807) is 25.1 Å². The minimum Gasteiger partial charge on any atom is -0.304 e. The van der Waals surface area contributed by atoms with Crippen LogP contribution in [0.5, 0.6) is 0 Å². The Hall–Kier alpha value is -1.72. The lowest BCUT2D eigenvalue weighted by atomic mass is 10.1. The zero-order chi connectivity index (χ0) is 19.2. The van der Waals surface area contributed by atoms with Crippen molar-refractivity contribution in [1.29, 1.82) is 0 Å². The number of amides is 3. The van der Waals surface area contributed by atoms with E-state index in [1.165, 1.54) is 18.9 Å². The molecule has 0 saturated carbocycles. The largest absolute Gasteiger partial charge is 0.304 e. The maximum absolute atomic E-state index is 13.3. The number of anilines is 1. The van der Waals surface area contributed by atoms with Crippen molar-refractivity contribution in [2.45, 2.75) is 25.6 Å². The van der Waals surface area contributed by atoms with Crippen LogP contribution >= 0.6 is 43.6 Å². The molecular weight excluding hydrogens is 490 g/mol. The summed E-state index contributed by atoms with van der Waals surface area (Å²) < 4.78 is 1.50. The van der Waals surface area contributed by atoms with Crippen LogP contribution in [0.25, 0.3) is 0 Å². The van der Waals surface area contributed by atoms with Crippen molar-refractivity contribution in [1.82, 2.24) is 10.3 Å².